The largest absolute Gasteiger partial charge is 0.479 e. The van der Waals surface area contributed by atoms with Gasteiger partial charge in [0.2, 0.25) is 0 Å². The van der Waals surface area contributed by atoms with Gasteiger partial charge in [0.25, 0.3) is 5.91 Å². The van der Waals surface area contributed by atoms with Gasteiger partial charge >= 0.3 is 5.97 Å². The summed E-state index contributed by atoms with van der Waals surface area (Å²) in [5.74, 6) is -1.82. The number of ether oxygens (including phenoxy) is 1. The van der Waals surface area contributed by atoms with Crippen molar-refractivity contribution in [2.45, 2.75) is 17.9 Å². The number of nitrogens with one attached hydrogen (secondary N) is 1. The van der Waals surface area contributed by atoms with Gasteiger partial charge in [0.05, 0.1) is 17.2 Å². The summed E-state index contributed by atoms with van der Waals surface area (Å²) in [7, 11) is -2.18. The minimum Gasteiger partial charge on any atom is -0.479 e. The maximum Gasteiger partial charge on any atom is 0.334 e. The van der Waals surface area contributed by atoms with Crippen molar-refractivity contribution in [3.05, 3.63) is 29.8 Å². The first kappa shape index (κ1) is 17.1. The predicted molar refractivity (Wildman–Crippen MR) is 74.9 cm³/mol. The van der Waals surface area contributed by atoms with Crippen LogP contribution in [0.3, 0.4) is 0 Å². The normalized spacial score (nSPS) is 12.7. The molecular weight excluding hydrogens is 298 g/mol. The second-order valence-electron chi connectivity index (χ2n) is 4.20. The van der Waals surface area contributed by atoms with E-state index >= 15 is 0 Å². The Hall–Kier alpha value is -1.93. The van der Waals surface area contributed by atoms with E-state index in [9.17, 15) is 18.0 Å². The molecule has 0 aromatic heterocycles. The Bertz CT molecular complexity index is 625. The number of rotatable bonds is 7. The number of methoxy groups -OCH3 is 1. The molecule has 0 heterocycles. The minimum absolute atomic E-state index is 0.0548. The fourth-order valence-corrected chi connectivity index (χ4v) is 2.48. The molecule has 116 valence electrons. The summed E-state index contributed by atoms with van der Waals surface area (Å²) in [6.07, 6.45) is -1.16. The highest BCUT2D eigenvalue weighted by Gasteiger charge is 2.19. The molecule has 0 saturated carbocycles. The van der Waals surface area contributed by atoms with Crippen molar-refractivity contribution in [3.63, 3.8) is 0 Å². The lowest BCUT2D eigenvalue weighted by molar-refractivity contribution is -0.148. The summed E-state index contributed by atoms with van der Waals surface area (Å²) in [5, 5.41) is 11.2. The second kappa shape index (κ2) is 7.19. The molecule has 1 aromatic carbocycles. The maximum atomic E-state index is 11.9. The first-order valence-corrected chi connectivity index (χ1v) is 7.83. The maximum absolute atomic E-state index is 11.9. The minimum atomic E-state index is -3.40. The van der Waals surface area contributed by atoms with Gasteiger partial charge in [-0.2, -0.15) is 0 Å². The first-order chi connectivity index (χ1) is 9.81. The van der Waals surface area contributed by atoms with Gasteiger partial charge in [-0.05, 0) is 18.2 Å². The molecule has 21 heavy (non-hydrogen) atoms. The molecule has 0 radical (unpaired) electrons. The van der Waals surface area contributed by atoms with Crippen molar-refractivity contribution >= 4 is 21.7 Å². The van der Waals surface area contributed by atoms with Crippen LogP contribution in [0.5, 0.6) is 0 Å². The van der Waals surface area contributed by atoms with Gasteiger partial charge in [0.1, 0.15) is 0 Å². The lowest BCUT2D eigenvalue weighted by atomic mass is 10.2. The zero-order valence-corrected chi connectivity index (χ0v) is 12.5. The van der Waals surface area contributed by atoms with Crippen LogP contribution in [0, 0.1) is 0 Å². The molecule has 1 amide bonds. The number of amides is 1. The lowest BCUT2D eigenvalue weighted by Crippen LogP contribution is -2.37. The first-order valence-electron chi connectivity index (χ1n) is 6.18. The van der Waals surface area contributed by atoms with Crippen molar-refractivity contribution in [1.29, 1.82) is 0 Å². The average molecular weight is 315 g/mol. The van der Waals surface area contributed by atoms with E-state index in [1.54, 1.807) is 0 Å². The summed E-state index contributed by atoms with van der Waals surface area (Å²) >= 11 is 0. The molecule has 0 aliphatic rings. The van der Waals surface area contributed by atoms with E-state index in [4.69, 9.17) is 5.11 Å². The zero-order valence-electron chi connectivity index (χ0n) is 11.7. The van der Waals surface area contributed by atoms with Crippen molar-refractivity contribution < 1.29 is 27.9 Å². The zero-order chi connectivity index (χ0) is 16.0. The Kier molecular flexibility index (Phi) is 5.86. The molecule has 0 fully saturated rings. The van der Waals surface area contributed by atoms with Crippen LogP contribution >= 0.6 is 0 Å². The number of aliphatic carboxylic acids is 1. The number of carboxylic acid groups (broad SMARTS) is 1. The van der Waals surface area contributed by atoms with E-state index in [0.29, 0.717) is 0 Å². The fraction of sp³-hybridized carbons (Fsp3) is 0.385. The Labute approximate surface area is 122 Å². The molecule has 0 aliphatic carbocycles. The molecular formula is C13H17NO6S. The van der Waals surface area contributed by atoms with Crippen LogP contribution in [0.2, 0.25) is 0 Å². The second-order valence-corrected chi connectivity index (χ2v) is 6.48. The Morgan fingerprint density at radius 3 is 2.57 bits per heavy atom. The van der Waals surface area contributed by atoms with Crippen LogP contribution in [-0.2, 0) is 19.4 Å². The van der Waals surface area contributed by atoms with Gasteiger partial charge in [-0.15, -0.1) is 0 Å². The molecule has 0 aliphatic heterocycles. The summed E-state index contributed by atoms with van der Waals surface area (Å²) in [4.78, 5) is 22.7. The van der Waals surface area contributed by atoms with Crippen LogP contribution < -0.4 is 5.32 Å². The number of carbonyl (C=O) groups is 2. The molecule has 0 bridgehead atoms. The van der Waals surface area contributed by atoms with Crippen molar-refractivity contribution in [2.24, 2.45) is 0 Å². The monoisotopic (exact) mass is 315 g/mol. The number of carbonyl (C=O) groups excluding carboxylic acids is 1. The number of hydrogen-bond acceptors (Lipinski definition) is 5. The van der Waals surface area contributed by atoms with E-state index in [1.807, 2.05) is 0 Å². The molecule has 2 N–H and O–H groups in total. The van der Waals surface area contributed by atoms with Crippen LogP contribution in [-0.4, -0.2) is 50.9 Å². The van der Waals surface area contributed by atoms with Crippen molar-refractivity contribution in [3.8, 4) is 0 Å². The van der Waals surface area contributed by atoms with Gasteiger partial charge in [-0.1, -0.05) is 13.0 Å². The molecule has 0 saturated heterocycles. The molecule has 1 rings (SSSR count). The Morgan fingerprint density at radius 2 is 2.05 bits per heavy atom. The average Bonchev–Trinajstić information content (AvgIpc) is 2.47. The number of carboxylic acids is 1. The van der Waals surface area contributed by atoms with Gasteiger partial charge in [-0.25, -0.2) is 13.2 Å². The number of benzene rings is 1. The fourth-order valence-electron chi connectivity index (χ4n) is 1.56. The van der Waals surface area contributed by atoms with Crippen molar-refractivity contribution in [2.75, 3.05) is 19.4 Å². The van der Waals surface area contributed by atoms with Crippen molar-refractivity contribution in [1.82, 2.24) is 5.32 Å². The number of sulfone groups is 1. The summed E-state index contributed by atoms with van der Waals surface area (Å²) < 4.78 is 28.2. The SMILES string of the molecule is CCS(=O)(=O)c1cccc(C(=O)NCC(OC)C(=O)O)c1. The lowest BCUT2D eigenvalue weighted by Gasteiger charge is -2.12. The topological polar surface area (TPSA) is 110 Å². The van der Waals surface area contributed by atoms with Gasteiger partial charge in [-0.3, -0.25) is 4.79 Å². The van der Waals surface area contributed by atoms with Gasteiger partial charge in [0.15, 0.2) is 15.9 Å². The highest BCUT2D eigenvalue weighted by atomic mass is 32.2. The van der Waals surface area contributed by atoms with E-state index in [0.717, 1.165) is 0 Å². The molecule has 7 nitrogen and oxygen atoms in total. The summed E-state index contributed by atoms with van der Waals surface area (Å²) in [5.41, 5.74) is 0.143. The summed E-state index contributed by atoms with van der Waals surface area (Å²) in [6, 6.07) is 5.58. The van der Waals surface area contributed by atoms with Crippen LogP contribution in [0.4, 0.5) is 0 Å². The third-order valence-corrected chi connectivity index (χ3v) is 4.58. The van der Waals surface area contributed by atoms with E-state index < -0.39 is 27.8 Å². The molecule has 0 spiro atoms. The van der Waals surface area contributed by atoms with E-state index in [-0.39, 0.29) is 22.8 Å². The molecule has 1 unspecified atom stereocenters. The summed E-state index contributed by atoms with van der Waals surface area (Å²) in [6.45, 7) is 1.30. The Balaban J connectivity index is 2.85. The van der Waals surface area contributed by atoms with E-state index in [2.05, 4.69) is 10.1 Å². The number of hydrogen-bond donors (Lipinski definition) is 2. The quantitative estimate of drug-likeness (QED) is 0.749. The molecule has 1 aromatic rings. The van der Waals surface area contributed by atoms with Gasteiger partial charge < -0.3 is 15.2 Å². The van der Waals surface area contributed by atoms with E-state index in [1.165, 1.54) is 38.3 Å². The third kappa shape index (κ3) is 4.54. The molecule has 8 heteroatoms. The van der Waals surface area contributed by atoms with Crippen LogP contribution in [0.1, 0.15) is 17.3 Å². The standard InChI is InChI=1S/C13H17NO6S/c1-3-21(18,19)10-6-4-5-9(7-10)12(15)14-8-11(20-2)13(16)17/h4-7,11H,3,8H2,1-2H3,(H,14,15)(H,16,17). The van der Waals surface area contributed by atoms with Crippen LogP contribution in [0.25, 0.3) is 0 Å². The predicted octanol–water partition coefficient (Wildman–Crippen LogP) is 0.310. The highest BCUT2D eigenvalue weighted by Crippen LogP contribution is 2.13. The smallest absolute Gasteiger partial charge is 0.334 e. The third-order valence-electron chi connectivity index (χ3n) is 2.84. The molecule has 1 atom stereocenters. The van der Waals surface area contributed by atoms with Gasteiger partial charge in [0, 0.05) is 12.7 Å². The highest BCUT2D eigenvalue weighted by molar-refractivity contribution is 7.91. The van der Waals surface area contributed by atoms with Crippen LogP contribution in [0.15, 0.2) is 29.2 Å². The Morgan fingerprint density at radius 1 is 1.38 bits per heavy atom.